The number of hydrogen-bond acceptors (Lipinski definition) is 8. The van der Waals surface area contributed by atoms with Gasteiger partial charge in [0.05, 0.1) is 46.9 Å². The number of rotatable bonds is 8. The predicted octanol–water partition coefficient (Wildman–Crippen LogP) is 5.01. The smallest absolute Gasteiger partial charge is 0.368 e. The minimum absolute atomic E-state index is 0.271. The van der Waals surface area contributed by atoms with Crippen molar-refractivity contribution in [1.82, 2.24) is 34.8 Å². The summed E-state index contributed by atoms with van der Waals surface area (Å²) in [6.45, 7) is 10.1. The van der Waals surface area contributed by atoms with Crippen LogP contribution in [0.25, 0.3) is 16.9 Å². The van der Waals surface area contributed by atoms with E-state index in [1.54, 1.807) is 25.4 Å². The van der Waals surface area contributed by atoms with Crippen molar-refractivity contribution in [3.05, 3.63) is 72.2 Å². The fourth-order valence-corrected chi connectivity index (χ4v) is 5.15. The van der Waals surface area contributed by atoms with Crippen LogP contribution < -0.4 is 10.2 Å². The van der Waals surface area contributed by atoms with E-state index in [4.69, 9.17) is 0 Å². The van der Waals surface area contributed by atoms with E-state index in [1.807, 2.05) is 6.20 Å². The molecule has 0 bridgehead atoms. The van der Waals surface area contributed by atoms with Crippen LogP contribution in [-0.4, -0.2) is 73.0 Å². The van der Waals surface area contributed by atoms with Crippen molar-refractivity contribution in [2.24, 2.45) is 0 Å². The molecule has 5 heterocycles. The lowest BCUT2D eigenvalue weighted by Crippen LogP contribution is -2.50. The van der Waals surface area contributed by atoms with Gasteiger partial charge in [-0.3, -0.25) is 24.6 Å². The van der Waals surface area contributed by atoms with Gasteiger partial charge in [-0.1, -0.05) is 19.1 Å². The minimum Gasteiger partial charge on any atom is -0.368 e. The third kappa shape index (κ3) is 6.40. The van der Waals surface area contributed by atoms with Crippen LogP contribution in [0.4, 0.5) is 24.5 Å². The van der Waals surface area contributed by atoms with Crippen molar-refractivity contribution in [1.29, 1.82) is 0 Å². The molecular weight excluding hydrogens is 547 g/mol. The van der Waals surface area contributed by atoms with Crippen molar-refractivity contribution in [3.63, 3.8) is 0 Å². The van der Waals surface area contributed by atoms with Crippen LogP contribution in [0.5, 0.6) is 0 Å². The molecular formula is C29H32F3N9O. The zero-order valence-electron chi connectivity index (χ0n) is 23.6. The van der Waals surface area contributed by atoms with Gasteiger partial charge in [0, 0.05) is 50.2 Å². The highest BCUT2D eigenvalue weighted by Gasteiger charge is 2.31. The Labute approximate surface area is 241 Å². The Hall–Kier alpha value is -4.39. The van der Waals surface area contributed by atoms with Crippen LogP contribution in [0, 0.1) is 6.92 Å². The third-order valence-corrected chi connectivity index (χ3v) is 7.54. The molecule has 10 nitrogen and oxygen atoms in total. The SMILES string of the molecule is CCC(CC)N1CCN(c2cncc(-c3cn(-c4cc(NC(=O)c5cc(C(F)(F)F)ccn5)cnc4C)nn3)c2)CC1. The first-order valence-corrected chi connectivity index (χ1v) is 13.8. The van der Waals surface area contributed by atoms with Gasteiger partial charge in [0.25, 0.3) is 5.91 Å². The number of aryl methyl sites for hydroxylation is 1. The normalized spacial score (nSPS) is 14.4. The molecule has 0 radical (unpaired) electrons. The molecule has 1 saturated heterocycles. The summed E-state index contributed by atoms with van der Waals surface area (Å²) >= 11 is 0. The van der Waals surface area contributed by atoms with E-state index in [9.17, 15) is 18.0 Å². The van der Waals surface area contributed by atoms with Gasteiger partial charge in [-0.25, -0.2) is 4.68 Å². The molecule has 4 aromatic rings. The molecule has 5 rings (SSSR count). The average Bonchev–Trinajstić information content (AvgIpc) is 3.49. The van der Waals surface area contributed by atoms with Crippen LogP contribution >= 0.6 is 0 Å². The number of amides is 1. The standard InChI is InChI=1S/C29H32F3N9O/c1-4-23(5-2)39-8-10-40(11-9-39)24-12-20(15-33-17-24)26-18-41(38-37-26)27-14-22(16-35-19(27)3)36-28(42)25-13-21(6-7-34-25)29(30,31)32/h6-7,12-18,23H,4-5,8-11H2,1-3H3,(H,36,42). The first-order chi connectivity index (χ1) is 20.2. The molecule has 0 spiro atoms. The van der Waals surface area contributed by atoms with E-state index in [2.05, 4.69) is 60.3 Å². The summed E-state index contributed by atoms with van der Waals surface area (Å²) in [4.78, 5) is 30.1. The zero-order chi connectivity index (χ0) is 29.9. The van der Waals surface area contributed by atoms with Crippen LogP contribution in [0.2, 0.25) is 0 Å². The molecule has 0 aliphatic carbocycles. The molecule has 1 amide bonds. The highest BCUT2D eigenvalue weighted by molar-refractivity contribution is 6.03. The number of aromatic nitrogens is 6. The summed E-state index contributed by atoms with van der Waals surface area (Å²) < 4.78 is 40.7. The van der Waals surface area contributed by atoms with Gasteiger partial charge >= 0.3 is 6.18 Å². The van der Waals surface area contributed by atoms with Gasteiger partial charge in [0.2, 0.25) is 0 Å². The van der Waals surface area contributed by atoms with Crippen LogP contribution in [0.3, 0.4) is 0 Å². The Bertz CT molecular complexity index is 1540. The summed E-state index contributed by atoms with van der Waals surface area (Å²) in [6.07, 6.45) is 5.43. The molecule has 1 N–H and O–H groups in total. The van der Waals surface area contributed by atoms with Gasteiger partial charge in [-0.05, 0) is 44.0 Å². The van der Waals surface area contributed by atoms with Gasteiger partial charge < -0.3 is 10.2 Å². The van der Waals surface area contributed by atoms with Crippen LogP contribution in [-0.2, 0) is 6.18 Å². The molecule has 1 fully saturated rings. The lowest BCUT2D eigenvalue weighted by atomic mass is 10.1. The Morgan fingerprint density at radius 2 is 1.79 bits per heavy atom. The Kier molecular flexibility index (Phi) is 8.48. The number of carbonyl (C=O) groups excluding carboxylic acids is 1. The fourth-order valence-electron chi connectivity index (χ4n) is 5.15. The van der Waals surface area contributed by atoms with E-state index in [0.29, 0.717) is 29.2 Å². The van der Waals surface area contributed by atoms with E-state index < -0.39 is 17.6 Å². The van der Waals surface area contributed by atoms with Crippen molar-refractivity contribution < 1.29 is 18.0 Å². The van der Waals surface area contributed by atoms with Crippen molar-refractivity contribution in [2.45, 2.75) is 45.8 Å². The number of carbonyl (C=O) groups is 1. The summed E-state index contributed by atoms with van der Waals surface area (Å²) in [6, 6.07) is 5.81. The highest BCUT2D eigenvalue weighted by atomic mass is 19.4. The highest BCUT2D eigenvalue weighted by Crippen LogP contribution is 2.29. The Morgan fingerprint density at radius 3 is 2.50 bits per heavy atom. The third-order valence-electron chi connectivity index (χ3n) is 7.54. The molecule has 1 aliphatic rings. The van der Waals surface area contributed by atoms with Crippen molar-refractivity contribution in [3.8, 4) is 16.9 Å². The molecule has 1 aliphatic heterocycles. The summed E-state index contributed by atoms with van der Waals surface area (Å²) in [5.74, 6) is -0.791. The predicted molar refractivity (Wildman–Crippen MR) is 152 cm³/mol. The number of hydrogen-bond donors (Lipinski definition) is 1. The monoisotopic (exact) mass is 579 g/mol. The summed E-state index contributed by atoms with van der Waals surface area (Å²) in [5.41, 5.74) is 2.57. The number of alkyl halides is 3. The Balaban J connectivity index is 1.31. The summed E-state index contributed by atoms with van der Waals surface area (Å²) in [7, 11) is 0. The van der Waals surface area contributed by atoms with Gasteiger partial charge in [0.1, 0.15) is 11.4 Å². The second kappa shape index (κ2) is 12.2. The van der Waals surface area contributed by atoms with E-state index in [-0.39, 0.29) is 11.4 Å². The lowest BCUT2D eigenvalue weighted by molar-refractivity contribution is -0.137. The second-order valence-electron chi connectivity index (χ2n) is 10.2. The van der Waals surface area contributed by atoms with Crippen LogP contribution in [0.1, 0.15) is 48.4 Å². The first kappa shape index (κ1) is 29.1. The number of pyridine rings is 3. The van der Waals surface area contributed by atoms with Crippen molar-refractivity contribution >= 4 is 17.3 Å². The number of piperazine rings is 1. The van der Waals surface area contributed by atoms with Crippen molar-refractivity contribution in [2.75, 3.05) is 36.4 Å². The maximum Gasteiger partial charge on any atom is 0.416 e. The fraction of sp³-hybridized carbons (Fsp3) is 0.379. The van der Waals surface area contributed by atoms with Gasteiger partial charge in [0.15, 0.2) is 0 Å². The quantitative estimate of drug-likeness (QED) is 0.311. The summed E-state index contributed by atoms with van der Waals surface area (Å²) in [5, 5.41) is 11.2. The number of nitrogens with one attached hydrogen (secondary N) is 1. The minimum atomic E-state index is -4.59. The van der Waals surface area contributed by atoms with Gasteiger partial charge in [-0.15, -0.1) is 5.10 Å². The zero-order valence-corrected chi connectivity index (χ0v) is 23.6. The largest absolute Gasteiger partial charge is 0.416 e. The first-order valence-electron chi connectivity index (χ1n) is 13.8. The molecule has 0 atom stereocenters. The molecule has 220 valence electrons. The van der Waals surface area contributed by atoms with Gasteiger partial charge in [-0.2, -0.15) is 13.2 Å². The molecule has 0 unspecified atom stereocenters. The van der Waals surface area contributed by atoms with Crippen LogP contribution in [0.15, 0.2) is 55.2 Å². The lowest BCUT2D eigenvalue weighted by Gasteiger charge is -2.39. The molecule has 13 heteroatoms. The Morgan fingerprint density at radius 1 is 1.02 bits per heavy atom. The number of halogens is 3. The topological polar surface area (TPSA) is 105 Å². The van der Waals surface area contributed by atoms with E-state index >= 15 is 0 Å². The molecule has 0 aromatic carbocycles. The molecule has 0 saturated carbocycles. The molecule has 42 heavy (non-hydrogen) atoms. The maximum absolute atomic E-state index is 13.1. The molecule has 4 aromatic heterocycles. The maximum atomic E-state index is 13.1. The number of nitrogens with zero attached hydrogens (tertiary/aromatic N) is 8. The van der Waals surface area contributed by atoms with E-state index in [1.165, 1.54) is 10.9 Å². The second-order valence-corrected chi connectivity index (χ2v) is 10.2. The van der Waals surface area contributed by atoms with E-state index in [0.717, 1.165) is 62.5 Å². The number of anilines is 2. The average molecular weight is 580 g/mol.